The van der Waals surface area contributed by atoms with E-state index in [4.69, 9.17) is 0 Å². The van der Waals surface area contributed by atoms with Crippen molar-refractivity contribution in [1.82, 2.24) is 9.38 Å². The average molecular weight is 190 g/mol. The molecule has 2 aromatic rings. The minimum Gasteiger partial charge on any atom is -0.304 e. The van der Waals surface area contributed by atoms with Crippen LogP contribution in [0, 0.1) is 5.82 Å². The van der Waals surface area contributed by atoms with Crippen LogP contribution in [0.3, 0.4) is 0 Å². The molecule has 14 heavy (non-hydrogen) atoms. The third kappa shape index (κ3) is 1.05. The van der Waals surface area contributed by atoms with Crippen molar-refractivity contribution in [3.63, 3.8) is 0 Å². The Bertz CT molecular complexity index is 497. The number of aromatic nitrogens is 2. The van der Waals surface area contributed by atoms with Crippen molar-refractivity contribution >= 4 is 5.65 Å². The van der Waals surface area contributed by atoms with Crippen LogP contribution >= 0.6 is 0 Å². The highest BCUT2D eigenvalue weighted by Gasteiger charge is 2.41. The van der Waals surface area contributed by atoms with Crippen molar-refractivity contribution in [3.05, 3.63) is 36.0 Å². The molecule has 3 heteroatoms. The predicted octanol–water partition coefficient (Wildman–Crippen LogP) is 2.52. The summed E-state index contributed by atoms with van der Waals surface area (Å²) in [4.78, 5) is 4.48. The Morgan fingerprint density at radius 1 is 1.36 bits per heavy atom. The van der Waals surface area contributed by atoms with Crippen molar-refractivity contribution < 1.29 is 4.39 Å². The molecule has 0 unspecified atom stereocenters. The van der Waals surface area contributed by atoms with E-state index >= 15 is 0 Å². The first kappa shape index (κ1) is 7.97. The fourth-order valence-corrected chi connectivity index (χ4v) is 1.70. The molecule has 1 fully saturated rings. The van der Waals surface area contributed by atoms with E-state index in [0.717, 1.165) is 11.3 Å². The van der Waals surface area contributed by atoms with E-state index in [1.165, 1.54) is 25.1 Å². The van der Waals surface area contributed by atoms with Crippen molar-refractivity contribution in [3.8, 4) is 0 Å². The molecule has 0 N–H and O–H groups in total. The topological polar surface area (TPSA) is 17.3 Å². The third-order valence-electron chi connectivity index (χ3n) is 3.03. The number of halogens is 1. The Balaban J connectivity index is 2.20. The number of nitrogens with zero attached hydrogens (tertiary/aromatic N) is 2. The summed E-state index contributed by atoms with van der Waals surface area (Å²) in [6.07, 6.45) is 5.79. The first-order valence-corrected chi connectivity index (χ1v) is 4.82. The number of fused-ring (bicyclic) bond motifs is 1. The lowest BCUT2D eigenvalue weighted by molar-refractivity contribution is 0.619. The highest BCUT2D eigenvalue weighted by molar-refractivity contribution is 5.42. The van der Waals surface area contributed by atoms with E-state index in [1.807, 2.05) is 6.20 Å². The van der Waals surface area contributed by atoms with E-state index in [1.54, 1.807) is 10.5 Å². The minimum atomic E-state index is -0.220. The zero-order chi connectivity index (χ0) is 9.76. The van der Waals surface area contributed by atoms with Crippen molar-refractivity contribution in [1.29, 1.82) is 0 Å². The van der Waals surface area contributed by atoms with Crippen LogP contribution in [0.5, 0.6) is 0 Å². The van der Waals surface area contributed by atoms with Gasteiger partial charge in [0.25, 0.3) is 0 Å². The lowest BCUT2D eigenvalue weighted by Gasteiger charge is -1.99. The summed E-state index contributed by atoms with van der Waals surface area (Å²) in [6.45, 7) is 2.20. The summed E-state index contributed by atoms with van der Waals surface area (Å²) in [7, 11) is 0. The average Bonchev–Trinajstić information content (AvgIpc) is 2.77. The van der Waals surface area contributed by atoms with Crippen LogP contribution in [0.1, 0.15) is 25.5 Å². The molecule has 1 saturated carbocycles. The molecule has 0 bridgehead atoms. The van der Waals surface area contributed by atoms with Crippen LogP contribution in [0.2, 0.25) is 0 Å². The normalized spacial score (nSPS) is 18.7. The third-order valence-corrected chi connectivity index (χ3v) is 3.03. The van der Waals surface area contributed by atoms with Crippen LogP contribution in [-0.2, 0) is 5.41 Å². The van der Waals surface area contributed by atoms with Crippen molar-refractivity contribution in [2.24, 2.45) is 0 Å². The van der Waals surface area contributed by atoms with Crippen molar-refractivity contribution in [2.75, 3.05) is 0 Å². The van der Waals surface area contributed by atoms with Gasteiger partial charge in [0.2, 0.25) is 0 Å². The molecule has 0 aliphatic heterocycles. The van der Waals surface area contributed by atoms with Gasteiger partial charge >= 0.3 is 0 Å². The van der Waals surface area contributed by atoms with E-state index in [2.05, 4.69) is 11.9 Å². The lowest BCUT2D eigenvalue weighted by Crippen LogP contribution is -1.98. The van der Waals surface area contributed by atoms with Gasteiger partial charge in [-0.3, -0.25) is 0 Å². The molecule has 0 spiro atoms. The van der Waals surface area contributed by atoms with Crippen LogP contribution in [0.15, 0.2) is 24.5 Å². The molecular weight excluding hydrogens is 179 g/mol. The SMILES string of the molecule is CC1(c2cn3cc(F)ccc3n2)CC1. The van der Waals surface area contributed by atoms with Gasteiger partial charge < -0.3 is 4.40 Å². The van der Waals surface area contributed by atoms with E-state index in [9.17, 15) is 4.39 Å². The zero-order valence-corrected chi connectivity index (χ0v) is 8.00. The minimum absolute atomic E-state index is 0.220. The highest BCUT2D eigenvalue weighted by atomic mass is 19.1. The summed E-state index contributed by atoms with van der Waals surface area (Å²) in [5.74, 6) is -0.220. The Kier molecular flexibility index (Phi) is 1.34. The quantitative estimate of drug-likeness (QED) is 0.675. The summed E-state index contributed by atoms with van der Waals surface area (Å²) >= 11 is 0. The Labute approximate surface area is 81.4 Å². The summed E-state index contributed by atoms with van der Waals surface area (Å²) in [5.41, 5.74) is 2.17. The number of hydrogen-bond acceptors (Lipinski definition) is 1. The van der Waals surface area contributed by atoms with Gasteiger partial charge in [-0.2, -0.15) is 0 Å². The first-order chi connectivity index (χ1) is 6.67. The van der Waals surface area contributed by atoms with Crippen LogP contribution < -0.4 is 0 Å². The van der Waals surface area contributed by atoms with E-state index in [0.29, 0.717) is 0 Å². The smallest absolute Gasteiger partial charge is 0.139 e. The van der Waals surface area contributed by atoms with Gasteiger partial charge in [0, 0.05) is 17.8 Å². The Morgan fingerprint density at radius 2 is 2.14 bits per heavy atom. The van der Waals surface area contributed by atoms with Gasteiger partial charge in [0.15, 0.2) is 0 Å². The maximum absolute atomic E-state index is 12.9. The summed E-state index contributed by atoms with van der Waals surface area (Å²) in [6, 6.07) is 3.16. The summed E-state index contributed by atoms with van der Waals surface area (Å²) in [5, 5.41) is 0. The molecule has 0 aromatic carbocycles. The van der Waals surface area contributed by atoms with Gasteiger partial charge in [0.1, 0.15) is 11.5 Å². The molecule has 0 saturated heterocycles. The van der Waals surface area contributed by atoms with E-state index in [-0.39, 0.29) is 11.2 Å². The van der Waals surface area contributed by atoms with Crippen LogP contribution in [0.25, 0.3) is 5.65 Å². The molecule has 2 nitrogen and oxygen atoms in total. The van der Waals surface area contributed by atoms with Crippen molar-refractivity contribution in [2.45, 2.75) is 25.2 Å². The Hall–Kier alpha value is -1.38. The van der Waals surface area contributed by atoms with Crippen LogP contribution in [0.4, 0.5) is 4.39 Å². The monoisotopic (exact) mass is 190 g/mol. The molecule has 0 atom stereocenters. The maximum atomic E-state index is 12.9. The number of rotatable bonds is 1. The van der Waals surface area contributed by atoms with Crippen LogP contribution in [-0.4, -0.2) is 9.38 Å². The fourth-order valence-electron chi connectivity index (χ4n) is 1.70. The molecule has 3 rings (SSSR count). The first-order valence-electron chi connectivity index (χ1n) is 4.82. The molecule has 0 amide bonds. The predicted molar refractivity (Wildman–Crippen MR) is 51.7 cm³/mol. The number of pyridine rings is 1. The molecule has 1 aliphatic carbocycles. The number of imidazole rings is 1. The Morgan fingerprint density at radius 3 is 2.86 bits per heavy atom. The molecule has 2 heterocycles. The highest BCUT2D eigenvalue weighted by Crippen LogP contribution is 2.46. The van der Waals surface area contributed by atoms with Gasteiger partial charge in [-0.05, 0) is 25.0 Å². The second-order valence-corrected chi connectivity index (χ2v) is 4.30. The molecule has 0 radical (unpaired) electrons. The second kappa shape index (κ2) is 2.35. The standard InChI is InChI=1S/C11H11FN2/c1-11(4-5-11)9-7-14-6-8(12)2-3-10(14)13-9/h2-3,6-7H,4-5H2,1H3. The largest absolute Gasteiger partial charge is 0.304 e. The maximum Gasteiger partial charge on any atom is 0.139 e. The van der Waals surface area contributed by atoms with Gasteiger partial charge in [-0.25, -0.2) is 9.37 Å². The molecule has 2 aromatic heterocycles. The molecule has 1 aliphatic rings. The van der Waals surface area contributed by atoms with Gasteiger partial charge in [0.05, 0.1) is 5.69 Å². The van der Waals surface area contributed by atoms with Gasteiger partial charge in [-0.1, -0.05) is 6.92 Å². The zero-order valence-electron chi connectivity index (χ0n) is 8.00. The molecule has 72 valence electrons. The van der Waals surface area contributed by atoms with Gasteiger partial charge in [-0.15, -0.1) is 0 Å². The van der Waals surface area contributed by atoms with E-state index < -0.39 is 0 Å². The second-order valence-electron chi connectivity index (χ2n) is 4.30. The number of hydrogen-bond donors (Lipinski definition) is 0. The molecular formula is C11H11FN2. The lowest BCUT2D eigenvalue weighted by atomic mass is 10.1. The fraction of sp³-hybridized carbons (Fsp3) is 0.364. The summed E-state index contributed by atoms with van der Waals surface area (Å²) < 4.78 is 14.7.